The summed E-state index contributed by atoms with van der Waals surface area (Å²) in [6.07, 6.45) is 6.72. The lowest BCUT2D eigenvalue weighted by Crippen LogP contribution is -2.01. The Morgan fingerprint density at radius 2 is 2.22 bits per heavy atom. The Balaban J connectivity index is 2.42. The van der Waals surface area contributed by atoms with Crippen LogP contribution in [0, 0.1) is 0 Å². The van der Waals surface area contributed by atoms with Crippen molar-refractivity contribution in [1.29, 1.82) is 0 Å². The van der Waals surface area contributed by atoms with Gasteiger partial charge in [0.25, 0.3) is 0 Å². The van der Waals surface area contributed by atoms with Crippen LogP contribution in [0.5, 0.6) is 0 Å². The lowest BCUT2D eigenvalue weighted by Gasteiger charge is -2.02. The molecule has 0 saturated heterocycles. The van der Waals surface area contributed by atoms with Gasteiger partial charge in [-0.3, -0.25) is 4.98 Å². The Labute approximate surface area is 106 Å². The third-order valence-corrected chi connectivity index (χ3v) is 2.68. The zero-order valence-corrected chi connectivity index (χ0v) is 10.5. The average molecular weight is 241 g/mol. The van der Waals surface area contributed by atoms with Gasteiger partial charge in [0.15, 0.2) is 0 Å². The lowest BCUT2D eigenvalue weighted by molar-refractivity contribution is 0.0600. The SMILES string of the molecule is CC/C=C/c1ccc2cc(C(=O)OC)cnc2c1. The number of hydrogen-bond donors (Lipinski definition) is 0. The van der Waals surface area contributed by atoms with Crippen molar-refractivity contribution in [3.8, 4) is 0 Å². The Hall–Kier alpha value is -2.16. The standard InChI is InChI=1S/C15H15NO2/c1-3-4-5-11-6-7-12-9-13(15(17)18-2)10-16-14(12)8-11/h4-10H,3H2,1-2H3/b5-4+. The molecule has 0 saturated carbocycles. The maximum atomic E-state index is 11.4. The van der Waals surface area contributed by atoms with Gasteiger partial charge in [-0.2, -0.15) is 0 Å². The molecule has 1 aromatic heterocycles. The van der Waals surface area contributed by atoms with E-state index in [1.165, 1.54) is 7.11 Å². The van der Waals surface area contributed by atoms with Gasteiger partial charge in [0.2, 0.25) is 0 Å². The molecular formula is C15H15NO2. The zero-order valence-electron chi connectivity index (χ0n) is 10.5. The molecular weight excluding hydrogens is 226 g/mol. The molecule has 0 amide bonds. The van der Waals surface area contributed by atoms with Crippen LogP contribution in [-0.4, -0.2) is 18.1 Å². The molecule has 0 fully saturated rings. The number of aromatic nitrogens is 1. The summed E-state index contributed by atoms with van der Waals surface area (Å²) in [4.78, 5) is 15.7. The molecule has 3 nitrogen and oxygen atoms in total. The maximum absolute atomic E-state index is 11.4. The number of carbonyl (C=O) groups excluding carboxylic acids is 1. The third kappa shape index (κ3) is 2.56. The van der Waals surface area contributed by atoms with Gasteiger partial charge in [-0.25, -0.2) is 4.79 Å². The molecule has 1 heterocycles. The van der Waals surface area contributed by atoms with Crippen LogP contribution in [0.3, 0.4) is 0 Å². The fourth-order valence-electron chi connectivity index (χ4n) is 1.73. The summed E-state index contributed by atoms with van der Waals surface area (Å²) in [5.41, 5.74) is 2.46. The monoisotopic (exact) mass is 241 g/mol. The molecule has 1 aromatic carbocycles. The lowest BCUT2D eigenvalue weighted by atomic mass is 10.1. The Morgan fingerprint density at radius 3 is 2.94 bits per heavy atom. The van der Waals surface area contributed by atoms with E-state index in [0.29, 0.717) is 5.56 Å². The molecule has 2 rings (SSSR count). The largest absolute Gasteiger partial charge is 0.465 e. The second-order valence-electron chi connectivity index (χ2n) is 3.98. The van der Waals surface area contributed by atoms with Crippen LogP contribution in [0.25, 0.3) is 17.0 Å². The van der Waals surface area contributed by atoms with E-state index in [2.05, 4.69) is 28.8 Å². The van der Waals surface area contributed by atoms with Gasteiger partial charge in [0.05, 0.1) is 18.2 Å². The van der Waals surface area contributed by atoms with Crippen molar-refractivity contribution < 1.29 is 9.53 Å². The smallest absolute Gasteiger partial charge is 0.339 e. The molecule has 0 spiro atoms. The number of rotatable bonds is 3. The number of allylic oxidation sites excluding steroid dienone is 1. The maximum Gasteiger partial charge on any atom is 0.339 e. The van der Waals surface area contributed by atoms with E-state index >= 15 is 0 Å². The molecule has 2 aromatic rings. The number of pyridine rings is 1. The van der Waals surface area contributed by atoms with Crippen molar-refractivity contribution in [2.45, 2.75) is 13.3 Å². The first kappa shape index (κ1) is 12.3. The molecule has 0 radical (unpaired) electrons. The molecule has 0 aliphatic heterocycles. The highest BCUT2D eigenvalue weighted by Gasteiger charge is 2.06. The number of methoxy groups -OCH3 is 1. The minimum Gasteiger partial charge on any atom is -0.465 e. The fourth-order valence-corrected chi connectivity index (χ4v) is 1.73. The molecule has 0 aliphatic rings. The molecule has 0 unspecified atom stereocenters. The van der Waals surface area contributed by atoms with Crippen LogP contribution in [0.1, 0.15) is 29.3 Å². The highest BCUT2D eigenvalue weighted by molar-refractivity contribution is 5.93. The van der Waals surface area contributed by atoms with Crippen LogP contribution in [-0.2, 0) is 4.74 Å². The molecule has 3 heteroatoms. The third-order valence-electron chi connectivity index (χ3n) is 2.68. The quantitative estimate of drug-likeness (QED) is 0.773. The van der Waals surface area contributed by atoms with E-state index in [1.54, 1.807) is 12.3 Å². The molecule has 18 heavy (non-hydrogen) atoms. The topological polar surface area (TPSA) is 39.2 Å². The number of ether oxygens (including phenoxy) is 1. The van der Waals surface area contributed by atoms with Gasteiger partial charge in [-0.1, -0.05) is 31.2 Å². The number of carbonyl (C=O) groups is 1. The number of fused-ring (bicyclic) bond motifs is 1. The van der Waals surface area contributed by atoms with E-state index in [1.807, 2.05) is 18.2 Å². The second-order valence-corrected chi connectivity index (χ2v) is 3.98. The second kappa shape index (κ2) is 5.45. The van der Waals surface area contributed by atoms with Crippen molar-refractivity contribution in [1.82, 2.24) is 4.98 Å². The van der Waals surface area contributed by atoms with Crippen LogP contribution in [0.4, 0.5) is 0 Å². The number of benzene rings is 1. The fraction of sp³-hybridized carbons (Fsp3) is 0.200. The zero-order chi connectivity index (χ0) is 13.0. The van der Waals surface area contributed by atoms with Crippen molar-refractivity contribution in [2.75, 3.05) is 7.11 Å². The van der Waals surface area contributed by atoms with Crippen molar-refractivity contribution in [3.05, 3.63) is 47.7 Å². The van der Waals surface area contributed by atoms with Crippen LogP contribution in [0.2, 0.25) is 0 Å². The van der Waals surface area contributed by atoms with Crippen LogP contribution >= 0.6 is 0 Å². The van der Waals surface area contributed by atoms with Crippen LogP contribution in [0.15, 0.2) is 36.5 Å². The average Bonchev–Trinajstić information content (AvgIpc) is 2.43. The normalized spacial score (nSPS) is 11.0. The Kier molecular flexibility index (Phi) is 3.72. The molecule has 0 bridgehead atoms. The van der Waals surface area contributed by atoms with Crippen molar-refractivity contribution >= 4 is 22.9 Å². The summed E-state index contributed by atoms with van der Waals surface area (Å²) >= 11 is 0. The van der Waals surface area contributed by atoms with E-state index in [0.717, 1.165) is 22.9 Å². The molecule has 0 N–H and O–H groups in total. The van der Waals surface area contributed by atoms with Gasteiger partial charge < -0.3 is 4.74 Å². The van der Waals surface area contributed by atoms with Crippen LogP contribution < -0.4 is 0 Å². The van der Waals surface area contributed by atoms with Gasteiger partial charge >= 0.3 is 5.97 Å². The summed E-state index contributed by atoms with van der Waals surface area (Å²) < 4.78 is 4.67. The molecule has 0 atom stereocenters. The Morgan fingerprint density at radius 1 is 1.39 bits per heavy atom. The van der Waals surface area contributed by atoms with Crippen molar-refractivity contribution in [2.24, 2.45) is 0 Å². The first-order chi connectivity index (χ1) is 8.74. The summed E-state index contributed by atoms with van der Waals surface area (Å²) in [7, 11) is 1.37. The van der Waals surface area contributed by atoms with Gasteiger partial charge in [0.1, 0.15) is 0 Å². The molecule has 0 aliphatic carbocycles. The number of hydrogen-bond acceptors (Lipinski definition) is 3. The Bertz CT molecular complexity index is 602. The first-order valence-electron chi connectivity index (χ1n) is 5.89. The highest BCUT2D eigenvalue weighted by Crippen LogP contribution is 2.17. The van der Waals surface area contributed by atoms with E-state index < -0.39 is 0 Å². The van der Waals surface area contributed by atoms with Gasteiger partial charge in [-0.15, -0.1) is 0 Å². The van der Waals surface area contributed by atoms with E-state index in [9.17, 15) is 4.79 Å². The summed E-state index contributed by atoms with van der Waals surface area (Å²) in [6, 6.07) is 7.77. The number of nitrogens with zero attached hydrogens (tertiary/aromatic N) is 1. The minimum atomic E-state index is -0.362. The predicted octanol–water partition coefficient (Wildman–Crippen LogP) is 3.44. The first-order valence-corrected chi connectivity index (χ1v) is 5.89. The highest BCUT2D eigenvalue weighted by atomic mass is 16.5. The number of esters is 1. The summed E-state index contributed by atoms with van der Waals surface area (Å²) in [5, 5.41) is 0.937. The van der Waals surface area contributed by atoms with Gasteiger partial charge in [0, 0.05) is 11.6 Å². The van der Waals surface area contributed by atoms with E-state index in [-0.39, 0.29) is 5.97 Å². The van der Waals surface area contributed by atoms with E-state index in [4.69, 9.17) is 0 Å². The predicted molar refractivity (Wildman–Crippen MR) is 72.4 cm³/mol. The molecule has 92 valence electrons. The van der Waals surface area contributed by atoms with Crippen molar-refractivity contribution in [3.63, 3.8) is 0 Å². The summed E-state index contributed by atoms with van der Waals surface area (Å²) in [5.74, 6) is -0.362. The van der Waals surface area contributed by atoms with Gasteiger partial charge in [-0.05, 0) is 24.1 Å². The summed E-state index contributed by atoms with van der Waals surface area (Å²) in [6.45, 7) is 2.10. The minimum absolute atomic E-state index is 0.362.